The Morgan fingerprint density at radius 3 is 2.43 bits per heavy atom. The van der Waals surface area contributed by atoms with E-state index in [1.54, 1.807) is 0 Å². The summed E-state index contributed by atoms with van der Waals surface area (Å²) >= 11 is 9.72. The van der Waals surface area contributed by atoms with Crippen LogP contribution in [-0.4, -0.2) is 45.7 Å². The number of thiocarbonyl (C=S) groups is 1. The van der Waals surface area contributed by atoms with Crippen LogP contribution in [0, 0.1) is 11.8 Å². The van der Waals surface area contributed by atoms with E-state index in [4.69, 9.17) is 12.2 Å². The summed E-state index contributed by atoms with van der Waals surface area (Å²) in [5.41, 5.74) is 0. The van der Waals surface area contributed by atoms with Crippen LogP contribution in [0.2, 0.25) is 0 Å². The van der Waals surface area contributed by atoms with Gasteiger partial charge in [0.25, 0.3) is 0 Å². The van der Waals surface area contributed by atoms with Gasteiger partial charge in [-0.1, -0.05) is 44.3 Å². The minimum atomic E-state index is 0.329. The van der Waals surface area contributed by atoms with Crippen LogP contribution >= 0.6 is 24.8 Å². The standard InChI is InChI=1S/C16H26N2OS2/c19-15(13-6-7-13)17-8-9-18(16(20)21)14(11-17)10-12-4-2-1-3-5-12/h12-14H,1-11H2,(H,20,21). The lowest BCUT2D eigenvalue weighted by atomic mass is 9.84. The zero-order chi connectivity index (χ0) is 14.8. The number of thiol groups is 1. The number of amides is 1. The van der Waals surface area contributed by atoms with E-state index in [9.17, 15) is 4.79 Å². The average molecular weight is 327 g/mol. The Bertz CT molecular complexity index is 405. The van der Waals surface area contributed by atoms with Gasteiger partial charge in [-0.15, -0.1) is 12.6 Å². The van der Waals surface area contributed by atoms with E-state index in [0.29, 0.717) is 22.2 Å². The molecule has 21 heavy (non-hydrogen) atoms. The van der Waals surface area contributed by atoms with Gasteiger partial charge in [0.15, 0.2) is 0 Å². The summed E-state index contributed by atoms with van der Waals surface area (Å²) in [7, 11) is 0. The van der Waals surface area contributed by atoms with Crippen LogP contribution < -0.4 is 0 Å². The van der Waals surface area contributed by atoms with E-state index in [1.165, 1.54) is 38.5 Å². The molecule has 118 valence electrons. The SMILES string of the molecule is O=C(C1CC1)N1CCN(C(=S)S)C(CC2CCCCC2)C1. The quantitative estimate of drug-likeness (QED) is 0.637. The lowest BCUT2D eigenvalue weighted by Crippen LogP contribution is -2.56. The topological polar surface area (TPSA) is 23.6 Å². The summed E-state index contributed by atoms with van der Waals surface area (Å²) in [5.74, 6) is 1.52. The highest BCUT2D eigenvalue weighted by molar-refractivity contribution is 8.10. The molecule has 1 saturated heterocycles. The van der Waals surface area contributed by atoms with E-state index >= 15 is 0 Å². The molecular formula is C16H26N2OS2. The second kappa shape index (κ2) is 6.86. The third-order valence-electron chi connectivity index (χ3n) is 5.30. The van der Waals surface area contributed by atoms with Crippen molar-refractivity contribution in [1.29, 1.82) is 0 Å². The highest BCUT2D eigenvalue weighted by Gasteiger charge is 2.38. The molecule has 0 aromatic rings. The Morgan fingerprint density at radius 1 is 1.10 bits per heavy atom. The van der Waals surface area contributed by atoms with Crippen molar-refractivity contribution >= 4 is 35.1 Å². The number of carbonyl (C=O) groups is 1. The summed E-state index contributed by atoms with van der Waals surface area (Å²) < 4.78 is 0.703. The van der Waals surface area contributed by atoms with Gasteiger partial charge < -0.3 is 9.80 Å². The molecule has 1 amide bonds. The zero-order valence-electron chi connectivity index (χ0n) is 12.7. The Labute approximate surface area is 138 Å². The van der Waals surface area contributed by atoms with Crippen LogP contribution in [0.15, 0.2) is 0 Å². The highest BCUT2D eigenvalue weighted by atomic mass is 32.1. The van der Waals surface area contributed by atoms with Crippen LogP contribution in [0.4, 0.5) is 0 Å². The second-order valence-electron chi connectivity index (χ2n) is 6.93. The van der Waals surface area contributed by atoms with Gasteiger partial charge in [-0.3, -0.25) is 4.79 Å². The molecule has 2 aliphatic carbocycles. The second-order valence-corrected chi connectivity index (χ2v) is 8.04. The molecular weight excluding hydrogens is 300 g/mol. The number of rotatable bonds is 3. The maximum absolute atomic E-state index is 12.3. The fourth-order valence-electron chi connectivity index (χ4n) is 3.91. The van der Waals surface area contributed by atoms with Gasteiger partial charge >= 0.3 is 0 Å². The number of carbonyl (C=O) groups excluding carboxylic acids is 1. The van der Waals surface area contributed by atoms with Crippen molar-refractivity contribution in [3.8, 4) is 0 Å². The number of piperazine rings is 1. The molecule has 0 N–H and O–H groups in total. The summed E-state index contributed by atoms with van der Waals surface area (Å²) in [5, 5.41) is 0. The lowest BCUT2D eigenvalue weighted by Gasteiger charge is -2.43. The maximum atomic E-state index is 12.3. The van der Waals surface area contributed by atoms with E-state index in [2.05, 4.69) is 22.4 Å². The molecule has 0 aromatic carbocycles. The normalized spacial score (nSPS) is 27.8. The first-order chi connectivity index (χ1) is 10.1. The summed E-state index contributed by atoms with van der Waals surface area (Å²) in [6.45, 7) is 2.53. The fraction of sp³-hybridized carbons (Fsp3) is 0.875. The van der Waals surface area contributed by atoms with Gasteiger partial charge in [-0.25, -0.2) is 0 Å². The van der Waals surface area contributed by atoms with Gasteiger partial charge in [0.2, 0.25) is 5.91 Å². The third-order valence-corrected chi connectivity index (χ3v) is 5.79. The lowest BCUT2D eigenvalue weighted by molar-refractivity contribution is -0.135. The first-order valence-corrected chi connectivity index (χ1v) is 9.29. The van der Waals surface area contributed by atoms with Crippen molar-refractivity contribution in [2.75, 3.05) is 19.6 Å². The van der Waals surface area contributed by atoms with Crippen LogP contribution in [0.1, 0.15) is 51.4 Å². The monoisotopic (exact) mass is 326 g/mol. The smallest absolute Gasteiger partial charge is 0.225 e. The summed E-state index contributed by atoms with van der Waals surface area (Å²) in [4.78, 5) is 16.7. The molecule has 3 rings (SSSR count). The predicted octanol–water partition coefficient (Wildman–Crippen LogP) is 3.09. The minimum absolute atomic E-state index is 0.329. The number of nitrogens with zero attached hydrogens (tertiary/aromatic N) is 2. The summed E-state index contributed by atoms with van der Waals surface area (Å²) in [6.07, 6.45) is 10.2. The number of hydrogen-bond donors (Lipinski definition) is 1. The molecule has 1 unspecified atom stereocenters. The molecule has 2 saturated carbocycles. The minimum Gasteiger partial charge on any atom is -0.351 e. The van der Waals surface area contributed by atoms with Gasteiger partial charge in [0, 0.05) is 31.6 Å². The molecule has 0 aromatic heterocycles. The Morgan fingerprint density at radius 2 is 1.81 bits per heavy atom. The maximum Gasteiger partial charge on any atom is 0.225 e. The Hall–Kier alpha value is -0.290. The van der Waals surface area contributed by atoms with E-state index < -0.39 is 0 Å². The van der Waals surface area contributed by atoms with Crippen molar-refractivity contribution in [1.82, 2.24) is 9.80 Å². The molecule has 3 nitrogen and oxygen atoms in total. The largest absolute Gasteiger partial charge is 0.351 e. The van der Waals surface area contributed by atoms with Crippen molar-refractivity contribution in [2.45, 2.75) is 57.4 Å². The molecule has 0 spiro atoms. The van der Waals surface area contributed by atoms with Gasteiger partial charge in [-0.05, 0) is 25.2 Å². The van der Waals surface area contributed by atoms with Crippen molar-refractivity contribution in [3.63, 3.8) is 0 Å². The van der Waals surface area contributed by atoms with Crippen LogP contribution in [0.25, 0.3) is 0 Å². The zero-order valence-corrected chi connectivity index (χ0v) is 14.4. The van der Waals surface area contributed by atoms with Crippen molar-refractivity contribution < 1.29 is 4.79 Å². The molecule has 1 heterocycles. The molecule has 3 aliphatic rings. The van der Waals surface area contributed by atoms with Gasteiger partial charge in [0.05, 0.1) is 0 Å². The first kappa shape index (κ1) is 15.6. The third kappa shape index (κ3) is 3.92. The molecule has 1 aliphatic heterocycles. The molecule has 0 radical (unpaired) electrons. The van der Waals surface area contributed by atoms with E-state index in [-0.39, 0.29) is 0 Å². The fourth-order valence-corrected chi connectivity index (χ4v) is 4.41. The van der Waals surface area contributed by atoms with Crippen molar-refractivity contribution in [2.24, 2.45) is 11.8 Å². The average Bonchev–Trinajstić information content (AvgIpc) is 3.32. The van der Waals surface area contributed by atoms with Gasteiger partial charge in [-0.2, -0.15) is 0 Å². The van der Waals surface area contributed by atoms with Gasteiger partial charge in [0.1, 0.15) is 4.32 Å². The van der Waals surface area contributed by atoms with E-state index in [0.717, 1.165) is 38.4 Å². The van der Waals surface area contributed by atoms with Crippen LogP contribution in [0.3, 0.4) is 0 Å². The molecule has 3 fully saturated rings. The Balaban J connectivity index is 1.62. The highest BCUT2D eigenvalue weighted by Crippen LogP contribution is 2.33. The van der Waals surface area contributed by atoms with Crippen molar-refractivity contribution in [3.05, 3.63) is 0 Å². The summed E-state index contributed by atoms with van der Waals surface area (Å²) in [6, 6.07) is 0.384. The Kier molecular flexibility index (Phi) is 5.10. The molecule has 1 atom stereocenters. The van der Waals surface area contributed by atoms with Crippen LogP contribution in [-0.2, 0) is 4.79 Å². The van der Waals surface area contributed by atoms with Crippen LogP contribution in [0.5, 0.6) is 0 Å². The first-order valence-electron chi connectivity index (χ1n) is 8.43. The molecule has 0 bridgehead atoms. The number of hydrogen-bond acceptors (Lipinski definition) is 2. The van der Waals surface area contributed by atoms with E-state index in [1.807, 2.05) is 0 Å². The molecule has 5 heteroatoms. The predicted molar refractivity (Wildman–Crippen MR) is 92.6 cm³/mol.